The first-order chi connectivity index (χ1) is 23.7. The maximum absolute atomic E-state index is 12.8. The van der Waals surface area contributed by atoms with E-state index in [-0.39, 0.29) is 31.6 Å². The van der Waals surface area contributed by atoms with Crippen LogP contribution in [-0.2, 0) is 47.8 Å². The summed E-state index contributed by atoms with van der Waals surface area (Å²) >= 11 is 0. The summed E-state index contributed by atoms with van der Waals surface area (Å²) in [4.78, 5) is 96.2. The number of carboxylic acids is 3. The van der Waals surface area contributed by atoms with E-state index in [2.05, 4.69) is 32.3 Å². The molecule has 53 heavy (non-hydrogen) atoms. The van der Waals surface area contributed by atoms with Crippen molar-refractivity contribution in [3.8, 4) is 0 Å². The van der Waals surface area contributed by atoms with E-state index in [1.807, 2.05) is 0 Å². The van der Waals surface area contributed by atoms with Crippen LogP contribution in [0.25, 0.3) is 0 Å². The lowest BCUT2D eigenvalue weighted by Gasteiger charge is -2.43. The minimum absolute atomic E-state index is 0. The third kappa shape index (κ3) is 16.8. The lowest BCUT2D eigenvalue weighted by Crippen LogP contribution is -2.68. The van der Waals surface area contributed by atoms with Crippen molar-refractivity contribution in [3.05, 3.63) is 0 Å². The van der Waals surface area contributed by atoms with Gasteiger partial charge in [-0.25, -0.2) is 0 Å². The van der Waals surface area contributed by atoms with Gasteiger partial charge in [0.1, 0.15) is 48.6 Å². The molecular formula is C29H54N8O16. The van der Waals surface area contributed by atoms with Crippen molar-refractivity contribution >= 4 is 47.4 Å². The van der Waals surface area contributed by atoms with E-state index < -0.39 is 134 Å². The monoisotopic (exact) mass is 770 g/mol. The molecule has 0 aliphatic carbocycles. The van der Waals surface area contributed by atoms with Gasteiger partial charge >= 0.3 is 0 Å². The van der Waals surface area contributed by atoms with Crippen molar-refractivity contribution in [2.24, 2.45) is 0 Å². The molecule has 0 spiro atoms. The third-order valence-electron chi connectivity index (χ3n) is 7.73. The molecule has 0 aromatic carbocycles. The highest BCUT2D eigenvalue weighted by Crippen LogP contribution is 2.24. The van der Waals surface area contributed by atoms with Crippen LogP contribution in [-0.4, -0.2) is 136 Å². The highest BCUT2D eigenvalue weighted by molar-refractivity contribution is 5.92. The predicted molar refractivity (Wildman–Crippen MR) is 172 cm³/mol. The molecule has 19 N–H and O–H groups in total. The summed E-state index contributed by atoms with van der Waals surface area (Å²) in [6, 6.07) is -8.48. The second-order valence-corrected chi connectivity index (χ2v) is 12.0. The number of ether oxygens (including phenoxy) is 2. The van der Waals surface area contributed by atoms with Gasteiger partial charge in [0.05, 0.1) is 36.6 Å². The fourth-order valence-electron chi connectivity index (χ4n) is 4.74. The SMILES string of the molecule is CC(=O)N[C@H]1C(O)O[C@H](CO)[C@@H](O)[C@@H]1O[C@H](C)C(=O)N[C@@H](C)C(=O)N[C@H](CCC(=O)N[C@@H](CCC[C@@H]([NH3+])C(=O)[O-])C(=O)N[C@H](C)C(=O)[O-])C(=O)[O-].[NH4+].[NH4+]. The van der Waals surface area contributed by atoms with Crippen LogP contribution in [0.3, 0.4) is 0 Å². The number of carboxylic acid groups (broad SMARTS) is 3. The van der Waals surface area contributed by atoms with E-state index in [9.17, 15) is 69.0 Å². The first-order valence-electron chi connectivity index (χ1n) is 15.9. The first kappa shape index (κ1) is 50.5. The minimum Gasteiger partial charge on any atom is -0.548 e. The zero-order valence-electron chi connectivity index (χ0n) is 30.4. The Labute approximate surface area is 304 Å². The van der Waals surface area contributed by atoms with E-state index in [4.69, 9.17) is 9.47 Å². The number of hydrogen-bond donors (Lipinski definition) is 11. The van der Waals surface area contributed by atoms with Crippen LogP contribution >= 0.6 is 0 Å². The Bertz CT molecular complexity index is 1270. The number of nitrogens with one attached hydrogen (secondary N) is 5. The summed E-state index contributed by atoms with van der Waals surface area (Å²) in [5, 5.41) is 75.1. The van der Waals surface area contributed by atoms with E-state index >= 15 is 0 Å². The number of aliphatic hydroxyl groups excluding tert-OH is 3. The maximum Gasteiger partial charge on any atom is 0.249 e. The molecule has 0 saturated carbocycles. The average molecular weight is 771 g/mol. The van der Waals surface area contributed by atoms with Crippen molar-refractivity contribution in [3.63, 3.8) is 0 Å². The van der Waals surface area contributed by atoms with Crippen LogP contribution in [0.15, 0.2) is 0 Å². The Morgan fingerprint density at radius 3 is 1.87 bits per heavy atom. The lowest BCUT2D eigenvalue weighted by molar-refractivity contribution is -0.438. The van der Waals surface area contributed by atoms with Crippen molar-refractivity contribution in [2.75, 3.05) is 6.61 Å². The molecular weight excluding hydrogens is 716 g/mol. The summed E-state index contributed by atoms with van der Waals surface area (Å²) in [6.45, 7) is 3.87. The topological polar surface area (TPSA) is 446 Å². The summed E-state index contributed by atoms with van der Waals surface area (Å²) in [5.74, 6) is -9.32. The zero-order chi connectivity index (χ0) is 39.2. The number of carbonyl (C=O) groups is 8. The van der Waals surface area contributed by atoms with Crippen LogP contribution in [0.5, 0.6) is 0 Å². The van der Waals surface area contributed by atoms with E-state index in [0.29, 0.717) is 0 Å². The third-order valence-corrected chi connectivity index (χ3v) is 7.73. The zero-order valence-corrected chi connectivity index (χ0v) is 30.4. The van der Waals surface area contributed by atoms with Gasteiger partial charge in [0.15, 0.2) is 6.29 Å². The van der Waals surface area contributed by atoms with Crippen molar-refractivity contribution in [1.29, 1.82) is 0 Å². The minimum atomic E-state index is -1.80. The van der Waals surface area contributed by atoms with Gasteiger partial charge in [-0.05, 0) is 40.0 Å². The van der Waals surface area contributed by atoms with Gasteiger partial charge in [-0.15, -0.1) is 0 Å². The molecule has 1 aliphatic heterocycles. The summed E-state index contributed by atoms with van der Waals surface area (Å²) in [7, 11) is 0. The smallest absolute Gasteiger partial charge is 0.249 e. The van der Waals surface area contributed by atoms with Crippen LogP contribution in [0.4, 0.5) is 0 Å². The molecule has 1 unspecified atom stereocenters. The number of quaternary nitrogens is 3. The number of aliphatic carboxylic acids is 3. The van der Waals surface area contributed by atoms with Crippen LogP contribution in [0, 0.1) is 0 Å². The number of hydrogen-bond acceptors (Lipinski definition) is 16. The quantitative estimate of drug-likeness (QED) is 0.0516. The molecule has 11 atom stereocenters. The molecule has 0 bridgehead atoms. The molecule has 1 fully saturated rings. The van der Waals surface area contributed by atoms with E-state index in [1.54, 1.807) is 0 Å². The highest BCUT2D eigenvalue weighted by atomic mass is 16.6. The Morgan fingerprint density at radius 1 is 0.774 bits per heavy atom. The van der Waals surface area contributed by atoms with E-state index in [0.717, 1.165) is 13.8 Å². The maximum atomic E-state index is 12.8. The molecule has 1 saturated heterocycles. The van der Waals surface area contributed by atoms with Gasteiger partial charge in [0.2, 0.25) is 29.5 Å². The van der Waals surface area contributed by atoms with Gasteiger partial charge in [-0.2, -0.15) is 0 Å². The Balaban J connectivity index is 0. The molecule has 1 heterocycles. The van der Waals surface area contributed by atoms with Gasteiger partial charge in [-0.3, -0.25) is 24.0 Å². The van der Waals surface area contributed by atoms with Crippen LogP contribution in [0.2, 0.25) is 0 Å². The van der Waals surface area contributed by atoms with Crippen molar-refractivity contribution < 1.29 is 84.2 Å². The summed E-state index contributed by atoms with van der Waals surface area (Å²) in [5.41, 5.74) is 3.38. The normalized spacial score (nSPS) is 22.7. The standard InChI is InChI=1S/C29H48N6O16.2H3N/c1-11(31-24(41)13(3)50-22-20(33-14(4)37)29(49)51-18(10-36)21(22)39)23(40)35-17(28(47)48)8-9-19(38)34-16(7-5-6-15(30)27(45)46)25(42)32-12(2)26(43)44;;/h11-13,15-18,20-22,29,36,39,49H,5-10,30H2,1-4H3,(H,31,41)(H,32,42)(H,33,37)(H,34,38)(H,35,40)(H,43,44)(H,45,46)(H,47,48);2*1H3/t11-,12+,13+,15+,16-,17+,18+,20+,21+,22+,29?;;/m0../s1. The van der Waals surface area contributed by atoms with Crippen molar-refractivity contribution in [1.82, 2.24) is 38.9 Å². The first-order valence-corrected chi connectivity index (χ1v) is 15.9. The molecule has 0 aromatic rings. The summed E-state index contributed by atoms with van der Waals surface area (Å²) < 4.78 is 10.6. The largest absolute Gasteiger partial charge is 0.548 e. The Morgan fingerprint density at radius 2 is 1.36 bits per heavy atom. The fourth-order valence-corrected chi connectivity index (χ4v) is 4.74. The second-order valence-electron chi connectivity index (χ2n) is 12.0. The molecule has 24 nitrogen and oxygen atoms in total. The Hall–Kier alpha value is -4.56. The molecule has 0 aromatic heterocycles. The molecule has 5 amide bonds. The molecule has 1 rings (SSSR count). The second kappa shape index (κ2) is 23.9. The van der Waals surface area contributed by atoms with Crippen molar-refractivity contribution in [2.45, 2.75) is 127 Å². The molecule has 24 heteroatoms. The van der Waals surface area contributed by atoms with Gasteiger partial charge < -0.3 is 99.1 Å². The number of aliphatic hydroxyl groups is 3. The molecule has 0 radical (unpaired) electrons. The highest BCUT2D eigenvalue weighted by Gasteiger charge is 2.47. The summed E-state index contributed by atoms with van der Waals surface area (Å²) in [6.07, 6.45) is -8.88. The molecule has 306 valence electrons. The van der Waals surface area contributed by atoms with E-state index in [1.165, 1.54) is 13.8 Å². The van der Waals surface area contributed by atoms with Gasteiger partial charge in [0, 0.05) is 19.8 Å². The van der Waals surface area contributed by atoms with Gasteiger partial charge in [-0.1, -0.05) is 0 Å². The fraction of sp³-hybridized carbons (Fsp3) is 0.724. The average Bonchev–Trinajstić information content (AvgIpc) is 3.04. The van der Waals surface area contributed by atoms with Gasteiger partial charge in [0.25, 0.3) is 0 Å². The Kier molecular flexibility index (Phi) is 22.8. The molecule has 1 aliphatic rings. The number of carbonyl (C=O) groups excluding carboxylic acids is 8. The predicted octanol–water partition coefficient (Wildman–Crippen LogP) is -9.12. The number of amides is 5. The number of rotatable bonds is 21. The van der Waals surface area contributed by atoms with Crippen LogP contribution in [0.1, 0.15) is 59.8 Å². The lowest BCUT2D eigenvalue weighted by atomic mass is 9.96. The van der Waals surface area contributed by atoms with Crippen LogP contribution < -0.4 is 59.9 Å².